The lowest BCUT2D eigenvalue weighted by molar-refractivity contribution is -0.116. The van der Waals surface area contributed by atoms with Crippen LogP contribution in [0.15, 0.2) is 24.3 Å². The Bertz CT molecular complexity index is 394. The van der Waals surface area contributed by atoms with Crippen LogP contribution >= 0.6 is 0 Å². The Labute approximate surface area is 121 Å². The van der Waals surface area contributed by atoms with E-state index in [1.54, 1.807) is 7.11 Å². The number of methoxy groups -OCH3 is 1. The number of anilines is 1. The summed E-state index contributed by atoms with van der Waals surface area (Å²) in [6, 6.07) is 7.88. The van der Waals surface area contributed by atoms with Crippen molar-refractivity contribution >= 4 is 11.6 Å². The van der Waals surface area contributed by atoms with Gasteiger partial charge in [0, 0.05) is 19.2 Å². The maximum Gasteiger partial charge on any atom is 0.224 e. The highest BCUT2D eigenvalue weighted by molar-refractivity contribution is 5.91. The van der Waals surface area contributed by atoms with Crippen LogP contribution in [0.1, 0.15) is 37.7 Å². The third-order valence-electron chi connectivity index (χ3n) is 3.22. The number of nitrogens with two attached hydrogens (primary N) is 1. The molecule has 0 spiro atoms. The smallest absolute Gasteiger partial charge is 0.224 e. The molecule has 1 amide bonds. The summed E-state index contributed by atoms with van der Waals surface area (Å²) in [5.74, 6) is 0.0858. The molecule has 0 atom stereocenters. The van der Waals surface area contributed by atoms with Crippen molar-refractivity contribution in [3.63, 3.8) is 0 Å². The minimum absolute atomic E-state index is 0.0858. The van der Waals surface area contributed by atoms with Crippen molar-refractivity contribution in [3.8, 4) is 0 Å². The molecule has 0 aliphatic rings. The molecule has 0 fully saturated rings. The summed E-state index contributed by atoms with van der Waals surface area (Å²) >= 11 is 0. The van der Waals surface area contributed by atoms with Gasteiger partial charge in [-0.15, -0.1) is 0 Å². The molecule has 0 saturated carbocycles. The van der Waals surface area contributed by atoms with Crippen LogP contribution in [0, 0.1) is 0 Å². The van der Waals surface area contributed by atoms with Gasteiger partial charge < -0.3 is 15.8 Å². The number of unbranched alkanes of at least 4 members (excludes halogenated alkanes) is 3. The Morgan fingerprint density at radius 2 is 1.95 bits per heavy atom. The fourth-order valence-electron chi connectivity index (χ4n) is 2.07. The molecule has 0 aliphatic heterocycles. The molecular formula is C16H26N2O2. The number of ether oxygens (including phenoxy) is 1. The van der Waals surface area contributed by atoms with Crippen LogP contribution in [0.2, 0.25) is 0 Å². The van der Waals surface area contributed by atoms with E-state index in [2.05, 4.69) is 5.32 Å². The third-order valence-corrected chi connectivity index (χ3v) is 3.22. The molecule has 0 bridgehead atoms. The van der Waals surface area contributed by atoms with Crippen LogP contribution in [-0.4, -0.2) is 26.2 Å². The van der Waals surface area contributed by atoms with Crippen molar-refractivity contribution in [3.05, 3.63) is 29.8 Å². The zero-order chi connectivity index (χ0) is 14.6. The molecule has 3 N–H and O–H groups in total. The van der Waals surface area contributed by atoms with Gasteiger partial charge in [0.25, 0.3) is 0 Å². The van der Waals surface area contributed by atoms with Crippen molar-refractivity contribution < 1.29 is 9.53 Å². The van der Waals surface area contributed by atoms with E-state index in [1.807, 2.05) is 24.3 Å². The van der Waals surface area contributed by atoms with Gasteiger partial charge in [-0.3, -0.25) is 4.79 Å². The summed E-state index contributed by atoms with van der Waals surface area (Å²) in [6.45, 7) is 1.39. The summed E-state index contributed by atoms with van der Waals surface area (Å²) in [4.78, 5) is 11.9. The molecule has 0 saturated heterocycles. The van der Waals surface area contributed by atoms with E-state index in [0.717, 1.165) is 49.9 Å². The van der Waals surface area contributed by atoms with Gasteiger partial charge in [-0.05, 0) is 37.4 Å². The molecule has 4 nitrogen and oxygen atoms in total. The number of carbonyl (C=O) groups excluding carboxylic acids is 1. The van der Waals surface area contributed by atoms with Crippen LogP contribution in [0.25, 0.3) is 0 Å². The van der Waals surface area contributed by atoms with E-state index in [1.165, 1.54) is 0 Å². The molecule has 0 unspecified atom stereocenters. The van der Waals surface area contributed by atoms with Crippen LogP contribution in [0.4, 0.5) is 5.69 Å². The maximum absolute atomic E-state index is 11.9. The minimum atomic E-state index is 0.0858. The Balaban J connectivity index is 2.37. The highest BCUT2D eigenvalue weighted by atomic mass is 16.5. The molecule has 1 rings (SSSR count). The highest BCUT2D eigenvalue weighted by Gasteiger charge is 2.06. The standard InChI is InChI=1S/C16H26N2O2/c1-20-13-11-14-8-5-6-9-15(14)18-16(19)10-4-2-3-7-12-17/h5-6,8-9H,2-4,7,10-13,17H2,1H3,(H,18,19). The number of nitrogens with one attached hydrogen (secondary N) is 1. The number of rotatable bonds is 10. The molecule has 0 heterocycles. The number of benzene rings is 1. The van der Waals surface area contributed by atoms with Crippen molar-refractivity contribution in [2.75, 3.05) is 25.6 Å². The second kappa shape index (κ2) is 10.4. The highest BCUT2D eigenvalue weighted by Crippen LogP contribution is 2.16. The van der Waals surface area contributed by atoms with Gasteiger partial charge in [-0.1, -0.05) is 31.0 Å². The van der Waals surface area contributed by atoms with Crippen LogP contribution in [0.3, 0.4) is 0 Å². The first-order chi connectivity index (χ1) is 9.77. The summed E-state index contributed by atoms with van der Waals surface area (Å²) < 4.78 is 5.09. The van der Waals surface area contributed by atoms with E-state index in [9.17, 15) is 4.79 Å². The van der Waals surface area contributed by atoms with Crippen molar-refractivity contribution in [2.24, 2.45) is 5.73 Å². The van der Waals surface area contributed by atoms with Gasteiger partial charge in [0.2, 0.25) is 5.91 Å². The van der Waals surface area contributed by atoms with Crippen molar-refractivity contribution in [1.82, 2.24) is 0 Å². The maximum atomic E-state index is 11.9. The largest absolute Gasteiger partial charge is 0.384 e. The number of amides is 1. The van der Waals surface area contributed by atoms with Crippen LogP contribution in [-0.2, 0) is 16.0 Å². The normalized spacial score (nSPS) is 10.5. The van der Waals surface area contributed by atoms with Crippen molar-refractivity contribution in [1.29, 1.82) is 0 Å². The van der Waals surface area contributed by atoms with Gasteiger partial charge in [0.15, 0.2) is 0 Å². The second-order valence-electron chi connectivity index (χ2n) is 4.90. The lowest BCUT2D eigenvalue weighted by atomic mass is 10.1. The summed E-state index contributed by atoms with van der Waals surface area (Å²) in [5.41, 5.74) is 7.46. The fraction of sp³-hybridized carbons (Fsp3) is 0.562. The number of hydrogen-bond donors (Lipinski definition) is 2. The summed E-state index contributed by atoms with van der Waals surface area (Å²) in [5, 5.41) is 2.99. The Kier molecular flexibility index (Phi) is 8.67. The molecule has 1 aromatic rings. The molecule has 0 aromatic heterocycles. The average Bonchev–Trinajstić information content (AvgIpc) is 2.46. The van der Waals surface area contributed by atoms with Crippen LogP contribution in [0.5, 0.6) is 0 Å². The van der Waals surface area contributed by atoms with Gasteiger partial charge in [-0.2, -0.15) is 0 Å². The zero-order valence-corrected chi connectivity index (χ0v) is 12.4. The lowest BCUT2D eigenvalue weighted by Crippen LogP contribution is -2.13. The SMILES string of the molecule is COCCc1ccccc1NC(=O)CCCCCCN. The quantitative estimate of drug-likeness (QED) is 0.647. The predicted molar refractivity (Wildman–Crippen MR) is 82.8 cm³/mol. The minimum Gasteiger partial charge on any atom is -0.384 e. The van der Waals surface area contributed by atoms with Gasteiger partial charge in [0.05, 0.1) is 6.61 Å². The molecule has 112 valence electrons. The molecule has 0 aliphatic carbocycles. The van der Waals surface area contributed by atoms with Gasteiger partial charge >= 0.3 is 0 Å². The number of para-hydroxylation sites is 1. The van der Waals surface area contributed by atoms with E-state index < -0.39 is 0 Å². The number of hydrogen-bond acceptors (Lipinski definition) is 3. The predicted octanol–water partition coefficient (Wildman–Crippen LogP) is 2.72. The van der Waals surface area contributed by atoms with Crippen LogP contribution < -0.4 is 11.1 Å². The van der Waals surface area contributed by atoms with E-state index in [-0.39, 0.29) is 5.91 Å². The van der Waals surface area contributed by atoms with Gasteiger partial charge in [0.1, 0.15) is 0 Å². The number of carbonyl (C=O) groups is 1. The third kappa shape index (κ3) is 6.68. The first kappa shape index (κ1) is 16.7. The molecule has 0 radical (unpaired) electrons. The van der Waals surface area contributed by atoms with Gasteiger partial charge in [-0.25, -0.2) is 0 Å². The molecule has 4 heteroatoms. The van der Waals surface area contributed by atoms with E-state index in [0.29, 0.717) is 13.0 Å². The Morgan fingerprint density at radius 1 is 1.20 bits per heavy atom. The summed E-state index contributed by atoms with van der Waals surface area (Å²) in [7, 11) is 1.68. The van der Waals surface area contributed by atoms with E-state index in [4.69, 9.17) is 10.5 Å². The first-order valence-corrected chi connectivity index (χ1v) is 7.34. The molecular weight excluding hydrogens is 252 g/mol. The Hall–Kier alpha value is -1.39. The monoisotopic (exact) mass is 278 g/mol. The first-order valence-electron chi connectivity index (χ1n) is 7.34. The average molecular weight is 278 g/mol. The lowest BCUT2D eigenvalue weighted by Gasteiger charge is -2.10. The van der Waals surface area contributed by atoms with E-state index >= 15 is 0 Å². The van der Waals surface area contributed by atoms with Crippen molar-refractivity contribution in [2.45, 2.75) is 38.5 Å². The second-order valence-corrected chi connectivity index (χ2v) is 4.90. The molecule has 20 heavy (non-hydrogen) atoms. The zero-order valence-electron chi connectivity index (χ0n) is 12.4. The summed E-state index contributed by atoms with van der Waals surface area (Å²) in [6.07, 6.45) is 5.52. The Morgan fingerprint density at radius 3 is 2.70 bits per heavy atom. The topological polar surface area (TPSA) is 64.3 Å². The molecule has 1 aromatic carbocycles. The fourth-order valence-corrected chi connectivity index (χ4v) is 2.07.